The number of oxazole rings is 1. The summed E-state index contributed by atoms with van der Waals surface area (Å²) in [4.78, 5) is 15.7. The zero-order chi connectivity index (χ0) is 10.1. The molecule has 0 atom stereocenters. The largest absolute Gasteiger partial charge is 0.432 e. The van der Waals surface area contributed by atoms with Gasteiger partial charge in [0.05, 0.1) is 15.4 Å². The molecule has 14 heavy (non-hydrogen) atoms. The molecule has 2 aromatic rings. The van der Waals surface area contributed by atoms with Crippen molar-refractivity contribution < 1.29 is 9.21 Å². The van der Waals surface area contributed by atoms with E-state index in [2.05, 4.69) is 4.98 Å². The summed E-state index contributed by atoms with van der Waals surface area (Å²) in [5.74, 6) is 0.572. The summed E-state index contributed by atoms with van der Waals surface area (Å²) in [6, 6.07) is 3.57. The smallest absolute Gasteiger partial charge is 0.237 e. The number of rotatable bonds is 2. The maximum Gasteiger partial charge on any atom is 0.237 e. The molecule has 0 unspecified atom stereocenters. The maximum atomic E-state index is 10.9. The topological polar surface area (TPSA) is 43.1 Å². The van der Waals surface area contributed by atoms with Crippen molar-refractivity contribution in [2.75, 3.05) is 0 Å². The number of Topliss-reactive ketones (excluding diaryl/α,β-unsaturated/α-hetero) is 1. The fourth-order valence-electron chi connectivity index (χ4n) is 0.980. The molecule has 0 saturated heterocycles. The van der Waals surface area contributed by atoms with Crippen molar-refractivity contribution in [2.24, 2.45) is 0 Å². The predicted molar refractivity (Wildman–Crippen MR) is 54.8 cm³/mol. The van der Waals surface area contributed by atoms with Crippen LogP contribution in [-0.4, -0.2) is 10.8 Å². The van der Waals surface area contributed by atoms with Crippen molar-refractivity contribution >= 4 is 28.7 Å². The summed E-state index contributed by atoms with van der Waals surface area (Å²) in [5, 5.41) is 0. The van der Waals surface area contributed by atoms with E-state index in [0.717, 1.165) is 4.88 Å². The minimum absolute atomic E-state index is 0.133. The van der Waals surface area contributed by atoms with Crippen LogP contribution < -0.4 is 0 Å². The molecule has 2 heterocycles. The van der Waals surface area contributed by atoms with Crippen LogP contribution >= 0.6 is 22.9 Å². The van der Waals surface area contributed by atoms with Crippen molar-refractivity contribution in [3.63, 3.8) is 0 Å². The normalized spacial score (nSPS) is 10.4. The highest BCUT2D eigenvalue weighted by Crippen LogP contribution is 2.30. The fraction of sp³-hybridized carbons (Fsp3) is 0.111. The molecule has 0 aliphatic carbocycles. The second kappa shape index (κ2) is 3.55. The van der Waals surface area contributed by atoms with Crippen LogP contribution in [0.3, 0.4) is 0 Å². The molecule has 0 fully saturated rings. The molecule has 2 rings (SSSR count). The molecule has 0 radical (unpaired) electrons. The Labute approximate surface area is 89.3 Å². The standard InChI is InChI=1S/C9H6ClNO2S/c1-5(12)6-4-11-9(13-6)7-2-3-8(10)14-7/h2-4H,1H3. The quantitative estimate of drug-likeness (QED) is 0.740. The monoisotopic (exact) mass is 227 g/mol. The van der Waals surface area contributed by atoms with Crippen molar-refractivity contribution in [2.45, 2.75) is 6.92 Å². The number of thiophene rings is 1. The van der Waals surface area contributed by atoms with Gasteiger partial charge in [0.15, 0.2) is 11.5 Å². The Balaban J connectivity index is 2.38. The van der Waals surface area contributed by atoms with Gasteiger partial charge in [0, 0.05) is 6.92 Å². The molecule has 0 aliphatic rings. The van der Waals surface area contributed by atoms with Crippen LogP contribution in [0.4, 0.5) is 0 Å². The number of nitrogens with zero attached hydrogens (tertiary/aromatic N) is 1. The highest BCUT2D eigenvalue weighted by Gasteiger charge is 2.11. The van der Waals surface area contributed by atoms with Gasteiger partial charge in [-0.05, 0) is 12.1 Å². The lowest BCUT2D eigenvalue weighted by atomic mass is 10.4. The van der Waals surface area contributed by atoms with Gasteiger partial charge in [0.1, 0.15) is 0 Å². The van der Waals surface area contributed by atoms with Crippen molar-refractivity contribution in [3.05, 3.63) is 28.4 Å². The van der Waals surface area contributed by atoms with Crippen LogP contribution in [0.1, 0.15) is 17.5 Å². The third kappa shape index (κ3) is 1.71. The first kappa shape index (κ1) is 9.43. The first-order chi connectivity index (χ1) is 6.66. The molecular weight excluding hydrogens is 222 g/mol. The molecule has 0 saturated carbocycles. The molecule has 0 amide bonds. The van der Waals surface area contributed by atoms with E-state index in [4.69, 9.17) is 16.0 Å². The van der Waals surface area contributed by atoms with Crippen LogP contribution in [0.5, 0.6) is 0 Å². The number of aromatic nitrogens is 1. The van der Waals surface area contributed by atoms with Crippen LogP contribution in [0, 0.1) is 0 Å². The maximum absolute atomic E-state index is 10.9. The van der Waals surface area contributed by atoms with Crippen molar-refractivity contribution in [1.29, 1.82) is 0 Å². The third-order valence-corrected chi connectivity index (χ3v) is 2.86. The zero-order valence-corrected chi connectivity index (χ0v) is 8.85. The lowest BCUT2D eigenvalue weighted by Crippen LogP contribution is -1.85. The van der Waals surface area contributed by atoms with Gasteiger partial charge in [-0.1, -0.05) is 11.6 Å². The molecule has 0 spiro atoms. The molecule has 3 nitrogen and oxygen atoms in total. The van der Waals surface area contributed by atoms with Gasteiger partial charge in [-0.3, -0.25) is 4.79 Å². The highest BCUT2D eigenvalue weighted by molar-refractivity contribution is 7.19. The number of carbonyl (C=O) groups excluding carboxylic acids is 1. The first-order valence-electron chi connectivity index (χ1n) is 3.89. The van der Waals surface area contributed by atoms with Crippen molar-refractivity contribution in [1.82, 2.24) is 4.98 Å². The fourth-order valence-corrected chi connectivity index (χ4v) is 1.96. The summed E-state index contributed by atoms with van der Waals surface area (Å²) in [7, 11) is 0. The average Bonchev–Trinajstić information content (AvgIpc) is 2.70. The van der Waals surface area contributed by atoms with Gasteiger partial charge >= 0.3 is 0 Å². The second-order valence-electron chi connectivity index (χ2n) is 2.69. The molecule has 0 N–H and O–H groups in total. The summed E-state index contributed by atoms with van der Waals surface area (Å²) in [5.41, 5.74) is 0. The molecular formula is C9H6ClNO2S. The zero-order valence-electron chi connectivity index (χ0n) is 7.28. The Morgan fingerprint density at radius 1 is 1.57 bits per heavy atom. The molecule has 0 bridgehead atoms. The van der Waals surface area contributed by atoms with Crippen LogP contribution in [0.25, 0.3) is 10.8 Å². The van der Waals surface area contributed by atoms with Crippen LogP contribution in [0.2, 0.25) is 4.34 Å². The highest BCUT2D eigenvalue weighted by atomic mass is 35.5. The average molecular weight is 228 g/mol. The van der Waals surface area contributed by atoms with E-state index < -0.39 is 0 Å². The Morgan fingerprint density at radius 3 is 2.86 bits per heavy atom. The Kier molecular flexibility index (Phi) is 2.39. The third-order valence-electron chi connectivity index (χ3n) is 1.64. The first-order valence-corrected chi connectivity index (χ1v) is 5.09. The Bertz CT molecular complexity index is 475. The Morgan fingerprint density at radius 2 is 2.36 bits per heavy atom. The SMILES string of the molecule is CC(=O)c1cnc(-c2ccc(Cl)s2)o1. The van der Waals surface area contributed by atoms with Gasteiger partial charge in [-0.25, -0.2) is 4.98 Å². The molecule has 0 aliphatic heterocycles. The van der Waals surface area contributed by atoms with E-state index in [-0.39, 0.29) is 11.5 Å². The number of hydrogen-bond acceptors (Lipinski definition) is 4. The summed E-state index contributed by atoms with van der Waals surface area (Å²) in [6.07, 6.45) is 1.42. The van der Waals surface area contributed by atoms with E-state index in [0.29, 0.717) is 10.2 Å². The Hall–Kier alpha value is -1.13. The van der Waals surface area contributed by atoms with Gasteiger partial charge < -0.3 is 4.42 Å². The molecule has 0 aromatic carbocycles. The summed E-state index contributed by atoms with van der Waals surface area (Å²) in [6.45, 7) is 1.44. The summed E-state index contributed by atoms with van der Waals surface area (Å²) >= 11 is 7.13. The number of ketones is 1. The van der Waals surface area contributed by atoms with E-state index in [1.54, 1.807) is 6.07 Å². The van der Waals surface area contributed by atoms with E-state index in [1.807, 2.05) is 6.07 Å². The van der Waals surface area contributed by atoms with Gasteiger partial charge in [0.2, 0.25) is 5.89 Å². The van der Waals surface area contributed by atoms with E-state index in [9.17, 15) is 4.79 Å². The number of carbonyl (C=O) groups is 1. The number of halogens is 1. The summed E-state index contributed by atoms with van der Waals surface area (Å²) < 4.78 is 5.90. The minimum Gasteiger partial charge on any atom is -0.432 e. The molecule has 2 aromatic heterocycles. The lowest BCUT2D eigenvalue weighted by molar-refractivity contribution is 0.0988. The molecule has 72 valence electrons. The number of hydrogen-bond donors (Lipinski definition) is 0. The van der Waals surface area contributed by atoms with E-state index in [1.165, 1.54) is 24.5 Å². The van der Waals surface area contributed by atoms with Crippen LogP contribution in [0.15, 0.2) is 22.7 Å². The molecule has 5 heteroatoms. The minimum atomic E-state index is -0.133. The van der Waals surface area contributed by atoms with Gasteiger partial charge in [-0.2, -0.15) is 0 Å². The van der Waals surface area contributed by atoms with Crippen LogP contribution in [-0.2, 0) is 0 Å². The van der Waals surface area contributed by atoms with Gasteiger partial charge in [0.25, 0.3) is 0 Å². The lowest BCUT2D eigenvalue weighted by Gasteiger charge is -1.87. The predicted octanol–water partition coefficient (Wildman–Crippen LogP) is 3.26. The van der Waals surface area contributed by atoms with Gasteiger partial charge in [-0.15, -0.1) is 11.3 Å². The second-order valence-corrected chi connectivity index (χ2v) is 4.40. The van der Waals surface area contributed by atoms with E-state index >= 15 is 0 Å². The van der Waals surface area contributed by atoms with Crippen molar-refractivity contribution in [3.8, 4) is 10.8 Å².